The Balaban J connectivity index is 2.62. The zero-order valence-electron chi connectivity index (χ0n) is 12.0. The minimum atomic E-state index is -0.970. The zero-order valence-corrected chi connectivity index (χ0v) is 12.0. The monoisotopic (exact) mass is 300 g/mol. The topological polar surface area (TPSA) is 113 Å². The quantitative estimate of drug-likeness (QED) is 0.614. The predicted octanol–water partition coefficient (Wildman–Crippen LogP) is -0.478. The number of hydrogen-bond acceptors (Lipinski definition) is 5. The molecule has 0 aromatic rings. The first kappa shape index (κ1) is 16.9. The van der Waals surface area contributed by atoms with Gasteiger partial charge in [0.25, 0.3) is 0 Å². The number of rotatable bonds is 7. The van der Waals surface area contributed by atoms with Crippen molar-refractivity contribution >= 4 is 23.8 Å². The van der Waals surface area contributed by atoms with Crippen molar-refractivity contribution in [2.45, 2.75) is 38.6 Å². The molecule has 1 aliphatic heterocycles. The summed E-state index contributed by atoms with van der Waals surface area (Å²) in [7, 11) is 0. The molecule has 1 saturated heterocycles. The number of ether oxygens (including phenoxy) is 1. The Bertz CT molecular complexity index is 423. The zero-order chi connectivity index (χ0) is 15.8. The molecule has 1 aliphatic rings. The molecular weight excluding hydrogens is 280 g/mol. The van der Waals surface area contributed by atoms with Gasteiger partial charge < -0.3 is 20.1 Å². The molecule has 0 aromatic carbocycles. The Morgan fingerprint density at radius 2 is 2.10 bits per heavy atom. The molecule has 1 rings (SSSR count). The largest absolute Gasteiger partial charge is 0.481 e. The van der Waals surface area contributed by atoms with Crippen molar-refractivity contribution in [3.8, 4) is 0 Å². The van der Waals surface area contributed by atoms with Gasteiger partial charge in [0.2, 0.25) is 11.8 Å². The number of carbonyl (C=O) groups excluding carboxylic acids is 3. The first-order valence-corrected chi connectivity index (χ1v) is 6.90. The Morgan fingerprint density at radius 3 is 2.71 bits per heavy atom. The lowest BCUT2D eigenvalue weighted by atomic mass is 10.1. The molecule has 118 valence electrons. The molecule has 1 atom stereocenters. The highest BCUT2D eigenvalue weighted by molar-refractivity contribution is 5.92. The number of piperazine rings is 1. The van der Waals surface area contributed by atoms with Crippen molar-refractivity contribution < 1.29 is 29.0 Å². The highest BCUT2D eigenvalue weighted by atomic mass is 16.5. The molecule has 1 fully saturated rings. The van der Waals surface area contributed by atoms with Crippen molar-refractivity contribution in [3.05, 3.63) is 0 Å². The van der Waals surface area contributed by atoms with E-state index in [0.29, 0.717) is 13.1 Å². The molecule has 8 nitrogen and oxygen atoms in total. The number of carbonyl (C=O) groups is 4. The van der Waals surface area contributed by atoms with E-state index in [9.17, 15) is 19.2 Å². The van der Waals surface area contributed by atoms with Gasteiger partial charge in [0, 0.05) is 25.9 Å². The van der Waals surface area contributed by atoms with Crippen LogP contribution in [0.25, 0.3) is 0 Å². The van der Waals surface area contributed by atoms with Crippen LogP contribution in [0, 0.1) is 0 Å². The van der Waals surface area contributed by atoms with E-state index in [1.807, 2.05) is 0 Å². The van der Waals surface area contributed by atoms with E-state index in [4.69, 9.17) is 9.84 Å². The van der Waals surface area contributed by atoms with Gasteiger partial charge in [-0.3, -0.25) is 19.2 Å². The third-order valence-electron chi connectivity index (χ3n) is 3.10. The lowest BCUT2D eigenvalue weighted by Crippen LogP contribution is -2.57. The number of aliphatic carboxylic acids is 1. The second-order valence-electron chi connectivity index (χ2n) is 4.65. The normalized spacial score (nSPS) is 18.0. The SMILES string of the molecule is CCOC(=O)C[C@@H]1C(=O)NCCN1C(=O)CCCC(=O)O. The van der Waals surface area contributed by atoms with Crippen LogP contribution < -0.4 is 5.32 Å². The minimum Gasteiger partial charge on any atom is -0.481 e. The number of nitrogens with zero attached hydrogens (tertiary/aromatic N) is 1. The average Bonchev–Trinajstić information content (AvgIpc) is 2.40. The van der Waals surface area contributed by atoms with E-state index in [1.54, 1.807) is 6.92 Å². The maximum Gasteiger partial charge on any atom is 0.308 e. The summed E-state index contributed by atoms with van der Waals surface area (Å²) in [5.74, 6) is -2.22. The van der Waals surface area contributed by atoms with Gasteiger partial charge >= 0.3 is 11.9 Å². The molecule has 0 spiro atoms. The number of carboxylic acids is 1. The van der Waals surface area contributed by atoms with Crippen LogP contribution in [0.2, 0.25) is 0 Å². The summed E-state index contributed by atoms with van der Waals surface area (Å²) in [5, 5.41) is 11.2. The summed E-state index contributed by atoms with van der Waals surface area (Å²) < 4.78 is 4.80. The maximum atomic E-state index is 12.1. The highest BCUT2D eigenvalue weighted by Crippen LogP contribution is 2.13. The van der Waals surface area contributed by atoms with Crippen LogP contribution in [-0.2, 0) is 23.9 Å². The van der Waals surface area contributed by atoms with Crippen LogP contribution in [0.5, 0.6) is 0 Å². The van der Waals surface area contributed by atoms with Crippen molar-refractivity contribution in [2.24, 2.45) is 0 Å². The average molecular weight is 300 g/mol. The molecule has 2 N–H and O–H groups in total. The number of hydrogen-bond donors (Lipinski definition) is 2. The molecule has 0 radical (unpaired) electrons. The molecule has 1 heterocycles. The van der Waals surface area contributed by atoms with Crippen LogP contribution >= 0.6 is 0 Å². The van der Waals surface area contributed by atoms with Crippen LogP contribution in [0.3, 0.4) is 0 Å². The second kappa shape index (κ2) is 8.23. The van der Waals surface area contributed by atoms with Crippen LogP contribution in [-0.4, -0.2) is 59.5 Å². The number of carboxylic acid groups (broad SMARTS) is 1. The standard InChI is InChI=1S/C13H20N2O6/c1-2-21-12(19)8-9-13(20)14-6-7-15(9)10(16)4-3-5-11(17)18/h9H,2-8H2,1H3,(H,14,20)(H,17,18)/t9-/m1/s1. The van der Waals surface area contributed by atoms with Crippen molar-refractivity contribution in [1.29, 1.82) is 0 Å². The Kier molecular flexibility index (Phi) is 6.64. The first-order valence-electron chi connectivity index (χ1n) is 6.90. The fraction of sp³-hybridized carbons (Fsp3) is 0.692. The number of nitrogens with one attached hydrogen (secondary N) is 1. The van der Waals surface area contributed by atoms with Crippen LogP contribution in [0.15, 0.2) is 0 Å². The van der Waals surface area contributed by atoms with E-state index >= 15 is 0 Å². The van der Waals surface area contributed by atoms with E-state index in [0.717, 1.165) is 0 Å². The van der Waals surface area contributed by atoms with E-state index < -0.39 is 18.0 Å². The predicted molar refractivity (Wildman–Crippen MR) is 71.2 cm³/mol. The Morgan fingerprint density at radius 1 is 1.38 bits per heavy atom. The molecule has 2 amide bonds. The van der Waals surface area contributed by atoms with Crippen LogP contribution in [0.1, 0.15) is 32.6 Å². The van der Waals surface area contributed by atoms with Crippen LogP contribution in [0.4, 0.5) is 0 Å². The summed E-state index contributed by atoms with van der Waals surface area (Å²) >= 11 is 0. The van der Waals surface area contributed by atoms with Gasteiger partial charge in [0.15, 0.2) is 0 Å². The summed E-state index contributed by atoms with van der Waals surface area (Å²) in [6.45, 7) is 2.50. The van der Waals surface area contributed by atoms with Gasteiger partial charge in [-0.25, -0.2) is 0 Å². The van der Waals surface area contributed by atoms with Gasteiger partial charge in [-0.15, -0.1) is 0 Å². The van der Waals surface area contributed by atoms with Crippen molar-refractivity contribution in [1.82, 2.24) is 10.2 Å². The highest BCUT2D eigenvalue weighted by Gasteiger charge is 2.34. The third-order valence-corrected chi connectivity index (χ3v) is 3.10. The molecular formula is C13H20N2O6. The Labute approximate surface area is 122 Å². The fourth-order valence-corrected chi connectivity index (χ4v) is 2.13. The molecule has 0 bridgehead atoms. The van der Waals surface area contributed by atoms with E-state index in [2.05, 4.69) is 5.32 Å². The molecule has 0 saturated carbocycles. The maximum absolute atomic E-state index is 12.1. The van der Waals surface area contributed by atoms with E-state index in [-0.39, 0.29) is 44.1 Å². The van der Waals surface area contributed by atoms with Crippen molar-refractivity contribution in [3.63, 3.8) is 0 Å². The van der Waals surface area contributed by atoms with Gasteiger partial charge in [-0.05, 0) is 13.3 Å². The van der Waals surface area contributed by atoms with Gasteiger partial charge in [0.1, 0.15) is 6.04 Å². The van der Waals surface area contributed by atoms with Gasteiger partial charge in [0.05, 0.1) is 13.0 Å². The number of esters is 1. The smallest absolute Gasteiger partial charge is 0.308 e. The summed E-state index contributed by atoms with van der Waals surface area (Å²) in [5.41, 5.74) is 0. The van der Waals surface area contributed by atoms with E-state index in [1.165, 1.54) is 4.90 Å². The summed E-state index contributed by atoms with van der Waals surface area (Å²) in [6, 6.07) is -0.880. The van der Waals surface area contributed by atoms with Gasteiger partial charge in [-0.2, -0.15) is 0 Å². The number of amides is 2. The minimum absolute atomic E-state index is 0.0406. The molecule has 8 heteroatoms. The Hall–Kier alpha value is -2.12. The summed E-state index contributed by atoms with van der Waals surface area (Å²) in [6.07, 6.45) is -0.0457. The lowest BCUT2D eigenvalue weighted by molar-refractivity contribution is -0.151. The molecule has 0 aliphatic carbocycles. The lowest BCUT2D eigenvalue weighted by Gasteiger charge is -2.34. The second-order valence-corrected chi connectivity index (χ2v) is 4.65. The molecule has 0 aromatic heterocycles. The molecule has 21 heavy (non-hydrogen) atoms. The summed E-state index contributed by atoms with van der Waals surface area (Å²) in [4.78, 5) is 47.2. The van der Waals surface area contributed by atoms with Crippen molar-refractivity contribution in [2.75, 3.05) is 19.7 Å². The fourth-order valence-electron chi connectivity index (χ4n) is 2.13. The van der Waals surface area contributed by atoms with Gasteiger partial charge in [-0.1, -0.05) is 0 Å². The molecule has 0 unspecified atom stereocenters. The third kappa shape index (κ3) is 5.41. The first-order chi connectivity index (χ1) is 9.95.